The van der Waals surface area contributed by atoms with Crippen LogP contribution in [0.1, 0.15) is 32.4 Å². The molecule has 120 valence electrons. The number of carbonyl (C=O) groups excluding carboxylic acids is 2. The van der Waals surface area contributed by atoms with Crippen molar-refractivity contribution < 1.29 is 23.8 Å². The number of esters is 2. The minimum absolute atomic E-state index is 0.212. The van der Waals surface area contributed by atoms with Crippen LogP contribution in [0.5, 0.6) is 0 Å². The van der Waals surface area contributed by atoms with E-state index in [0.717, 1.165) is 0 Å². The number of hydrogen-bond acceptors (Lipinski definition) is 8. The average Bonchev–Trinajstić information content (AvgIpc) is 3.09. The fourth-order valence-corrected chi connectivity index (χ4v) is 3.78. The fraction of sp³-hybridized carbons (Fsp3) is 0.643. The molecule has 8 heteroatoms. The molecule has 22 heavy (non-hydrogen) atoms. The third-order valence-corrected chi connectivity index (χ3v) is 4.83. The number of aromatic nitrogens is 1. The first kappa shape index (κ1) is 15.2. The predicted molar refractivity (Wildman–Crippen MR) is 78.0 cm³/mol. The van der Waals surface area contributed by atoms with E-state index in [-0.39, 0.29) is 19.4 Å². The summed E-state index contributed by atoms with van der Waals surface area (Å²) in [4.78, 5) is 28.9. The summed E-state index contributed by atoms with van der Waals surface area (Å²) in [7, 11) is 0. The van der Waals surface area contributed by atoms with E-state index in [1.807, 2.05) is 6.92 Å². The standard InChI is InChI=1S/C14H18N2O5S/c1-3-19-5-8-4-14(10(17)20-8)7-13(2,21-11(14)18)9-6-22-12(15)16-9/h6,8H,3-5,7H2,1-2H3,(H2,15,16)/t8-,13-,14-/m0/s1. The highest BCUT2D eigenvalue weighted by atomic mass is 32.1. The minimum Gasteiger partial charge on any atom is -0.459 e. The molecule has 0 unspecified atom stereocenters. The van der Waals surface area contributed by atoms with E-state index < -0.39 is 29.1 Å². The van der Waals surface area contributed by atoms with Gasteiger partial charge in [0, 0.05) is 24.8 Å². The summed E-state index contributed by atoms with van der Waals surface area (Å²) in [5.74, 6) is -1.08. The molecular weight excluding hydrogens is 308 g/mol. The number of anilines is 1. The average molecular weight is 326 g/mol. The largest absolute Gasteiger partial charge is 0.459 e. The van der Waals surface area contributed by atoms with Gasteiger partial charge >= 0.3 is 11.9 Å². The van der Waals surface area contributed by atoms with Crippen molar-refractivity contribution in [2.24, 2.45) is 5.41 Å². The Kier molecular flexibility index (Phi) is 3.60. The molecule has 0 aromatic carbocycles. The van der Waals surface area contributed by atoms with Crippen LogP contribution in [-0.2, 0) is 29.4 Å². The predicted octanol–water partition coefficient (Wildman–Crippen LogP) is 1.23. The lowest BCUT2D eigenvalue weighted by atomic mass is 9.78. The monoisotopic (exact) mass is 326 g/mol. The lowest BCUT2D eigenvalue weighted by Crippen LogP contribution is -2.32. The lowest BCUT2D eigenvalue weighted by Gasteiger charge is -2.20. The molecule has 2 N–H and O–H groups in total. The molecule has 0 radical (unpaired) electrons. The maximum atomic E-state index is 12.4. The van der Waals surface area contributed by atoms with Crippen LogP contribution in [-0.4, -0.2) is 36.2 Å². The zero-order chi connectivity index (χ0) is 16.0. The van der Waals surface area contributed by atoms with Crippen molar-refractivity contribution in [1.29, 1.82) is 0 Å². The number of ether oxygens (including phenoxy) is 3. The Morgan fingerprint density at radius 2 is 2.27 bits per heavy atom. The molecule has 3 atom stereocenters. The van der Waals surface area contributed by atoms with Crippen LogP contribution >= 0.6 is 11.3 Å². The molecule has 3 heterocycles. The van der Waals surface area contributed by atoms with E-state index in [4.69, 9.17) is 19.9 Å². The number of nitrogens with two attached hydrogens (primary N) is 1. The summed E-state index contributed by atoms with van der Waals surface area (Å²) < 4.78 is 16.1. The van der Waals surface area contributed by atoms with E-state index in [1.165, 1.54) is 11.3 Å². The number of thiazole rings is 1. The first-order chi connectivity index (χ1) is 10.4. The van der Waals surface area contributed by atoms with E-state index in [9.17, 15) is 9.59 Å². The number of carbonyl (C=O) groups is 2. The van der Waals surface area contributed by atoms with Gasteiger partial charge in [-0.3, -0.25) is 9.59 Å². The summed E-state index contributed by atoms with van der Waals surface area (Å²) in [6.07, 6.45) is 0.0754. The Bertz CT molecular complexity index is 618. The highest BCUT2D eigenvalue weighted by Crippen LogP contribution is 2.52. The molecular formula is C14H18N2O5S. The summed E-state index contributed by atoms with van der Waals surface area (Å²) in [6.45, 7) is 4.43. The molecule has 1 spiro atoms. The molecule has 2 aliphatic heterocycles. The Balaban J connectivity index is 1.84. The molecule has 0 amide bonds. The molecule has 0 aliphatic carbocycles. The van der Waals surface area contributed by atoms with Crippen LogP contribution in [0.3, 0.4) is 0 Å². The van der Waals surface area contributed by atoms with Gasteiger partial charge in [0.25, 0.3) is 0 Å². The fourth-order valence-electron chi connectivity index (χ4n) is 3.09. The highest BCUT2D eigenvalue weighted by molar-refractivity contribution is 7.13. The molecule has 1 aromatic rings. The van der Waals surface area contributed by atoms with Crippen LogP contribution in [0.25, 0.3) is 0 Å². The van der Waals surface area contributed by atoms with Gasteiger partial charge in [-0.1, -0.05) is 0 Å². The van der Waals surface area contributed by atoms with Crippen molar-refractivity contribution in [1.82, 2.24) is 4.98 Å². The van der Waals surface area contributed by atoms with Crippen LogP contribution in [0, 0.1) is 5.41 Å². The number of nitrogens with zero attached hydrogens (tertiary/aromatic N) is 1. The van der Waals surface area contributed by atoms with Crippen LogP contribution in [0.4, 0.5) is 5.13 Å². The third-order valence-electron chi connectivity index (χ3n) is 4.16. The number of hydrogen-bond donors (Lipinski definition) is 1. The molecule has 7 nitrogen and oxygen atoms in total. The van der Waals surface area contributed by atoms with Gasteiger partial charge in [0.2, 0.25) is 0 Å². The second-order valence-electron chi connectivity index (χ2n) is 5.84. The van der Waals surface area contributed by atoms with Crippen LogP contribution < -0.4 is 5.73 Å². The van der Waals surface area contributed by atoms with E-state index in [0.29, 0.717) is 17.4 Å². The Labute approximate surface area is 131 Å². The van der Waals surface area contributed by atoms with Crippen molar-refractivity contribution in [3.05, 3.63) is 11.1 Å². The van der Waals surface area contributed by atoms with Crippen molar-refractivity contribution in [2.45, 2.75) is 38.4 Å². The zero-order valence-corrected chi connectivity index (χ0v) is 13.3. The van der Waals surface area contributed by atoms with Gasteiger partial charge in [0.05, 0.1) is 12.3 Å². The number of rotatable bonds is 4. The van der Waals surface area contributed by atoms with Gasteiger partial charge in [-0.2, -0.15) is 0 Å². The highest BCUT2D eigenvalue weighted by Gasteiger charge is 2.65. The third kappa shape index (κ3) is 2.26. The van der Waals surface area contributed by atoms with Crippen molar-refractivity contribution in [2.75, 3.05) is 18.9 Å². The lowest BCUT2D eigenvalue weighted by molar-refractivity contribution is -0.160. The first-order valence-electron chi connectivity index (χ1n) is 7.13. The van der Waals surface area contributed by atoms with Crippen LogP contribution in [0.2, 0.25) is 0 Å². The SMILES string of the molecule is CCOC[C@@H]1C[C@]2(C[C@@](C)(c3csc(N)n3)OC2=O)C(=O)O1. The maximum Gasteiger partial charge on any atom is 0.324 e. The van der Waals surface area contributed by atoms with Crippen LogP contribution in [0.15, 0.2) is 5.38 Å². The van der Waals surface area contributed by atoms with Gasteiger partial charge < -0.3 is 19.9 Å². The van der Waals surface area contributed by atoms with Gasteiger partial charge in [-0.25, -0.2) is 4.98 Å². The number of cyclic esters (lactones) is 2. The summed E-state index contributed by atoms with van der Waals surface area (Å²) in [6, 6.07) is 0. The molecule has 2 fully saturated rings. The zero-order valence-electron chi connectivity index (χ0n) is 12.5. The molecule has 2 saturated heterocycles. The van der Waals surface area contributed by atoms with E-state index >= 15 is 0 Å². The summed E-state index contributed by atoms with van der Waals surface area (Å²) >= 11 is 1.27. The molecule has 0 bridgehead atoms. The maximum absolute atomic E-state index is 12.4. The van der Waals surface area contributed by atoms with Gasteiger partial charge in [-0.15, -0.1) is 11.3 Å². The molecule has 1 aromatic heterocycles. The first-order valence-corrected chi connectivity index (χ1v) is 8.01. The molecule has 3 rings (SSSR count). The van der Waals surface area contributed by atoms with Gasteiger partial charge in [0.15, 0.2) is 16.1 Å². The van der Waals surface area contributed by atoms with Crippen molar-refractivity contribution in [3.8, 4) is 0 Å². The second-order valence-corrected chi connectivity index (χ2v) is 6.73. The van der Waals surface area contributed by atoms with E-state index in [1.54, 1.807) is 12.3 Å². The quantitative estimate of drug-likeness (QED) is 0.656. The Morgan fingerprint density at radius 1 is 1.50 bits per heavy atom. The molecule has 2 aliphatic rings. The van der Waals surface area contributed by atoms with Gasteiger partial charge in [0.1, 0.15) is 6.10 Å². The topological polar surface area (TPSA) is 101 Å². The Morgan fingerprint density at radius 3 is 2.91 bits per heavy atom. The number of nitrogen functional groups attached to an aromatic ring is 1. The normalized spacial score (nSPS) is 34.2. The summed E-state index contributed by atoms with van der Waals surface area (Å²) in [5.41, 5.74) is 4.01. The van der Waals surface area contributed by atoms with Crippen molar-refractivity contribution in [3.63, 3.8) is 0 Å². The Hall–Kier alpha value is -1.67. The molecule has 0 saturated carbocycles. The smallest absolute Gasteiger partial charge is 0.324 e. The van der Waals surface area contributed by atoms with Crippen molar-refractivity contribution >= 4 is 28.4 Å². The minimum atomic E-state index is -1.26. The van der Waals surface area contributed by atoms with E-state index in [2.05, 4.69) is 4.98 Å². The summed E-state index contributed by atoms with van der Waals surface area (Å²) in [5, 5.41) is 2.15. The second kappa shape index (κ2) is 5.20. The van der Waals surface area contributed by atoms with Gasteiger partial charge in [-0.05, 0) is 13.8 Å².